The summed E-state index contributed by atoms with van der Waals surface area (Å²) in [5.41, 5.74) is 5.32. The van der Waals surface area contributed by atoms with Gasteiger partial charge >= 0.3 is 0 Å². The van der Waals surface area contributed by atoms with E-state index in [-0.39, 0.29) is 29.9 Å². The summed E-state index contributed by atoms with van der Waals surface area (Å²) >= 11 is 5.25. The van der Waals surface area contributed by atoms with E-state index in [1.165, 1.54) is 4.88 Å². The number of primary amides is 1. The normalized spacial score (nSPS) is 18.4. The maximum absolute atomic E-state index is 11.1. The summed E-state index contributed by atoms with van der Waals surface area (Å²) in [7, 11) is 1.81. The molecule has 1 unspecified atom stereocenters. The van der Waals surface area contributed by atoms with E-state index in [4.69, 9.17) is 5.73 Å². The minimum absolute atomic E-state index is 0. The van der Waals surface area contributed by atoms with Gasteiger partial charge in [-0.1, -0.05) is 0 Å². The number of likely N-dealkylation sites (tertiary alicyclic amines) is 1. The minimum Gasteiger partial charge on any atom is -0.370 e. The van der Waals surface area contributed by atoms with Gasteiger partial charge in [0, 0.05) is 38.0 Å². The number of hydrogen-bond acceptors (Lipinski definition) is 3. The van der Waals surface area contributed by atoms with Crippen molar-refractivity contribution in [2.75, 3.05) is 26.7 Å². The molecule has 1 atom stereocenters. The van der Waals surface area contributed by atoms with Crippen molar-refractivity contribution in [1.82, 2.24) is 10.2 Å². The predicted molar refractivity (Wildman–Crippen MR) is 111 cm³/mol. The van der Waals surface area contributed by atoms with E-state index in [9.17, 15) is 4.79 Å². The number of guanidine groups is 1. The molecular weight excluding hydrogens is 491 g/mol. The Morgan fingerprint density at radius 1 is 1.57 bits per heavy atom. The van der Waals surface area contributed by atoms with Crippen LogP contribution in [0, 0.1) is 5.92 Å². The molecule has 3 N–H and O–H groups in total. The Kier molecular flexibility index (Phi) is 9.45. The Bertz CT molecular complexity index is 537. The maximum Gasteiger partial charge on any atom is 0.217 e. The smallest absolute Gasteiger partial charge is 0.217 e. The number of carbonyl (C=O) groups excluding carboxylic acids is 1. The highest BCUT2D eigenvalue weighted by atomic mass is 127. The lowest BCUT2D eigenvalue weighted by Crippen LogP contribution is -2.47. The SMILES string of the molecule is CN=C(NCCc1ccc(Br)s1)N1CCCC(CC(N)=O)C1.I. The van der Waals surface area contributed by atoms with Gasteiger partial charge in [-0.15, -0.1) is 35.3 Å². The van der Waals surface area contributed by atoms with Crippen LogP contribution in [0.2, 0.25) is 0 Å². The lowest BCUT2D eigenvalue weighted by atomic mass is 9.95. The molecule has 5 nitrogen and oxygen atoms in total. The first-order valence-electron chi connectivity index (χ1n) is 7.56. The number of nitrogens with zero attached hydrogens (tertiary/aromatic N) is 2. The Labute approximate surface area is 167 Å². The fraction of sp³-hybridized carbons (Fsp3) is 0.600. The van der Waals surface area contributed by atoms with E-state index in [0.29, 0.717) is 12.3 Å². The number of halogens is 2. The van der Waals surface area contributed by atoms with Crippen molar-refractivity contribution in [2.24, 2.45) is 16.6 Å². The third kappa shape index (κ3) is 6.96. The number of nitrogens with two attached hydrogens (primary N) is 1. The minimum atomic E-state index is -0.210. The number of amides is 1. The Hall–Kier alpha value is -0.350. The van der Waals surface area contributed by atoms with Crippen molar-refractivity contribution in [3.05, 3.63) is 20.8 Å². The first kappa shape index (κ1) is 20.7. The van der Waals surface area contributed by atoms with Gasteiger partial charge in [0.15, 0.2) is 5.96 Å². The van der Waals surface area contributed by atoms with Gasteiger partial charge in [0.25, 0.3) is 0 Å². The monoisotopic (exact) mass is 514 g/mol. The van der Waals surface area contributed by atoms with Crippen LogP contribution in [0.25, 0.3) is 0 Å². The van der Waals surface area contributed by atoms with Crippen LogP contribution in [0.4, 0.5) is 0 Å². The molecule has 130 valence electrons. The van der Waals surface area contributed by atoms with Gasteiger partial charge in [0.05, 0.1) is 3.79 Å². The molecule has 2 rings (SSSR count). The van der Waals surface area contributed by atoms with E-state index < -0.39 is 0 Å². The van der Waals surface area contributed by atoms with Gasteiger partial charge in [-0.25, -0.2) is 0 Å². The average Bonchev–Trinajstić information content (AvgIpc) is 2.89. The van der Waals surface area contributed by atoms with Crippen LogP contribution in [0.15, 0.2) is 20.9 Å². The zero-order chi connectivity index (χ0) is 15.9. The summed E-state index contributed by atoms with van der Waals surface area (Å²) in [5.74, 6) is 1.06. The van der Waals surface area contributed by atoms with Crippen LogP contribution in [0.5, 0.6) is 0 Å². The predicted octanol–water partition coefficient (Wildman–Crippen LogP) is 2.83. The number of carbonyl (C=O) groups is 1. The van der Waals surface area contributed by atoms with Crippen molar-refractivity contribution in [3.8, 4) is 0 Å². The van der Waals surface area contributed by atoms with Crippen LogP contribution in [-0.2, 0) is 11.2 Å². The van der Waals surface area contributed by atoms with Crippen molar-refractivity contribution in [1.29, 1.82) is 0 Å². The molecule has 23 heavy (non-hydrogen) atoms. The average molecular weight is 515 g/mol. The van der Waals surface area contributed by atoms with Gasteiger partial charge in [-0.3, -0.25) is 9.79 Å². The topological polar surface area (TPSA) is 70.7 Å². The molecule has 0 spiro atoms. The van der Waals surface area contributed by atoms with Crippen LogP contribution in [0.1, 0.15) is 24.1 Å². The van der Waals surface area contributed by atoms with Crippen molar-refractivity contribution in [2.45, 2.75) is 25.7 Å². The molecule has 8 heteroatoms. The van der Waals surface area contributed by atoms with E-state index in [1.54, 1.807) is 11.3 Å². The number of rotatable bonds is 5. The second-order valence-electron chi connectivity index (χ2n) is 5.55. The lowest BCUT2D eigenvalue weighted by Gasteiger charge is -2.34. The summed E-state index contributed by atoms with van der Waals surface area (Å²) in [4.78, 5) is 19.1. The van der Waals surface area contributed by atoms with Gasteiger partial charge in [0.1, 0.15) is 0 Å². The van der Waals surface area contributed by atoms with Crippen LogP contribution in [0.3, 0.4) is 0 Å². The first-order chi connectivity index (χ1) is 10.6. The third-order valence-electron chi connectivity index (χ3n) is 3.80. The number of nitrogens with one attached hydrogen (secondary N) is 1. The van der Waals surface area contributed by atoms with Gasteiger partial charge in [0.2, 0.25) is 5.91 Å². The maximum atomic E-state index is 11.1. The highest BCUT2D eigenvalue weighted by molar-refractivity contribution is 14.0. The molecule has 0 aromatic carbocycles. The molecule has 1 aliphatic rings. The molecule has 1 aromatic heterocycles. The van der Waals surface area contributed by atoms with E-state index in [0.717, 1.165) is 48.6 Å². The number of piperidine rings is 1. The first-order valence-corrected chi connectivity index (χ1v) is 9.17. The van der Waals surface area contributed by atoms with Gasteiger partial charge < -0.3 is 16.0 Å². The molecule has 1 amide bonds. The standard InChI is InChI=1S/C15H23BrN4OS.HI/c1-18-15(19-7-6-12-4-5-13(16)22-12)20-8-2-3-11(10-20)9-14(17)21;/h4-5,11H,2-3,6-10H2,1H3,(H2,17,21)(H,18,19);1H. The second kappa shape index (κ2) is 10.5. The largest absolute Gasteiger partial charge is 0.370 e. The quantitative estimate of drug-likeness (QED) is 0.360. The summed E-state index contributed by atoms with van der Waals surface area (Å²) in [5, 5.41) is 3.42. The molecular formula is C15H24BrIN4OS. The zero-order valence-electron chi connectivity index (χ0n) is 13.3. The third-order valence-corrected chi connectivity index (χ3v) is 5.49. The van der Waals surface area contributed by atoms with Crippen molar-refractivity contribution in [3.63, 3.8) is 0 Å². The Morgan fingerprint density at radius 3 is 2.96 bits per heavy atom. The second-order valence-corrected chi connectivity index (χ2v) is 8.10. The van der Waals surface area contributed by atoms with Crippen LogP contribution in [-0.4, -0.2) is 43.4 Å². The Morgan fingerprint density at radius 2 is 2.35 bits per heavy atom. The van der Waals surface area contributed by atoms with Crippen molar-refractivity contribution < 1.29 is 4.79 Å². The molecule has 0 aliphatic carbocycles. The summed E-state index contributed by atoms with van der Waals surface area (Å²) in [6, 6.07) is 4.22. The molecule has 1 fully saturated rings. The molecule has 1 aromatic rings. The number of thiophene rings is 1. The van der Waals surface area contributed by atoms with Crippen LogP contribution < -0.4 is 11.1 Å². The number of hydrogen-bond donors (Lipinski definition) is 2. The van der Waals surface area contributed by atoms with Gasteiger partial charge in [-0.2, -0.15) is 0 Å². The molecule has 1 saturated heterocycles. The summed E-state index contributed by atoms with van der Waals surface area (Å²) in [6.45, 7) is 2.70. The molecule has 2 heterocycles. The fourth-order valence-corrected chi connectivity index (χ4v) is 4.31. The van der Waals surface area contributed by atoms with E-state index >= 15 is 0 Å². The summed E-state index contributed by atoms with van der Waals surface area (Å²) in [6.07, 6.45) is 3.60. The van der Waals surface area contributed by atoms with Crippen molar-refractivity contribution >= 4 is 63.1 Å². The van der Waals surface area contributed by atoms with E-state index in [2.05, 4.69) is 43.3 Å². The van der Waals surface area contributed by atoms with E-state index in [1.807, 2.05) is 7.05 Å². The lowest BCUT2D eigenvalue weighted by molar-refractivity contribution is -0.119. The molecule has 0 saturated carbocycles. The summed E-state index contributed by atoms with van der Waals surface area (Å²) < 4.78 is 1.16. The zero-order valence-corrected chi connectivity index (χ0v) is 18.0. The Balaban J connectivity index is 0.00000264. The molecule has 0 bridgehead atoms. The molecule has 0 radical (unpaired) electrons. The molecule has 1 aliphatic heterocycles. The highest BCUT2D eigenvalue weighted by Crippen LogP contribution is 2.22. The highest BCUT2D eigenvalue weighted by Gasteiger charge is 2.23. The van der Waals surface area contributed by atoms with Crippen LogP contribution >= 0.6 is 51.2 Å². The number of aliphatic imine (C=N–C) groups is 1. The van der Waals surface area contributed by atoms with Gasteiger partial charge in [-0.05, 0) is 53.2 Å². The fourth-order valence-electron chi connectivity index (χ4n) is 2.82.